The number of piperidine rings is 1. The summed E-state index contributed by atoms with van der Waals surface area (Å²) in [6.45, 7) is 7.47. The smallest absolute Gasteiger partial charge is 0.00471 e. The molecule has 0 aromatic heterocycles. The van der Waals surface area contributed by atoms with E-state index in [2.05, 4.69) is 24.2 Å². The molecule has 2 fully saturated rings. The molecule has 2 nitrogen and oxygen atoms in total. The van der Waals surface area contributed by atoms with Crippen LogP contribution in [0, 0.1) is 11.3 Å². The molecule has 2 heteroatoms. The van der Waals surface area contributed by atoms with Crippen LogP contribution in [0.4, 0.5) is 0 Å². The van der Waals surface area contributed by atoms with Crippen molar-refractivity contribution >= 4 is 0 Å². The van der Waals surface area contributed by atoms with Crippen molar-refractivity contribution in [1.82, 2.24) is 10.2 Å². The summed E-state index contributed by atoms with van der Waals surface area (Å²) < 4.78 is 0. The molecule has 2 rings (SSSR count). The van der Waals surface area contributed by atoms with Crippen LogP contribution in [0.3, 0.4) is 0 Å². The average Bonchev–Trinajstić information content (AvgIpc) is 2.41. The maximum absolute atomic E-state index is 3.61. The van der Waals surface area contributed by atoms with Gasteiger partial charge in [-0.05, 0) is 57.0 Å². The minimum atomic E-state index is 0.557. The molecule has 1 aliphatic heterocycles. The standard InChI is InChI=1S/C16H32N2/c1-3-16(10-7-11-17-13-16)14-18(2)12-15-8-5-4-6-9-15/h15,17H,3-14H2,1-2H3. The summed E-state index contributed by atoms with van der Waals surface area (Å²) in [4.78, 5) is 2.63. The fourth-order valence-corrected chi connectivity index (χ4v) is 4.03. The molecular formula is C16H32N2. The zero-order valence-corrected chi connectivity index (χ0v) is 12.5. The highest BCUT2D eigenvalue weighted by Crippen LogP contribution is 2.32. The quantitative estimate of drug-likeness (QED) is 0.808. The summed E-state index contributed by atoms with van der Waals surface area (Å²) >= 11 is 0. The second-order valence-corrected chi connectivity index (χ2v) is 6.83. The van der Waals surface area contributed by atoms with E-state index in [9.17, 15) is 0 Å². The SMILES string of the molecule is CCC1(CN(C)CC2CCCCC2)CCCNC1. The van der Waals surface area contributed by atoms with Crippen molar-refractivity contribution in [2.45, 2.75) is 58.3 Å². The maximum atomic E-state index is 3.61. The van der Waals surface area contributed by atoms with E-state index in [0.29, 0.717) is 5.41 Å². The van der Waals surface area contributed by atoms with Gasteiger partial charge in [0.05, 0.1) is 0 Å². The second kappa shape index (κ2) is 6.91. The van der Waals surface area contributed by atoms with Crippen molar-refractivity contribution in [1.29, 1.82) is 0 Å². The van der Waals surface area contributed by atoms with Gasteiger partial charge in [-0.1, -0.05) is 26.2 Å². The van der Waals surface area contributed by atoms with Gasteiger partial charge in [-0.25, -0.2) is 0 Å². The normalized spacial score (nSPS) is 30.8. The summed E-state index contributed by atoms with van der Waals surface area (Å²) in [6.07, 6.45) is 11.5. The number of hydrogen-bond acceptors (Lipinski definition) is 2. The highest BCUT2D eigenvalue weighted by molar-refractivity contribution is 4.87. The van der Waals surface area contributed by atoms with Gasteiger partial charge in [-0.3, -0.25) is 0 Å². The summed E-state index contributed by atoms with van der Waals surface area (Å²) in [6, 6.07) is 0. The Morgan fingerprint density at radius 1 is 1.17 bits per heavy atom. The van der Waals surface area contributed by atoms with Gasteiger partial charge >= 0.3 is 0 Å². The van der Waals surface area contributed by atoms with Crippen LogP contribution in [0.25, 0.3) is 0 Å². The van der Waals surface area contributed by atoms with Gasteiger partial charge in [0.15, 0.2) is 0 Å². The monoisotopic (exact) mass is 252 g/mol. The average molecular weight is 252 g/mol. The highest BCUT2D eigenvalue weighted by Gasteiger charge is 2.31. The topological polar surface area (TPSA) is 15.3 Å². The largest absolute Gasteiger partial charge is 0.316 e. The van der Waals surface area contributed by atoms with Crippen LogP contribution in [0.1, 0.15) is 58.3 Å². The lowest BCUT2D eigenvalue weighted by molar-refractivity contribution is 0.112. The molecule has 1 atom stereocenters. The minimum absolute atomic E-state index is 0.557. The van der Waals surface area contributed by atoms with E-state index in [1.807, 2.05) is 0 Å². The van der Waals surface area contributed by atoms with E-state index in [4.69, 9.17) is 0 Å². The molecule has 0 spiro atoms. The lowest BCUT2D eigenvalue weighted by Gasteiger charge is -2.41. The Morgan fingerprint density at radius 2 is 1.94 bits per heavy atom. The molecule has 18 heavy (non-hydrogen) atoms. The molecule has 1 saturated heterocycles. The van der Waals surface area contributed by atoms with Gasteiger partial charge in [0.25, 0.3) is 0 Å². The number of nitrogens with one attached hydrogen (secondary N) is 1. The molecule has 0 bridgehead atoms. The number of nitrogens with zero attached hydrogens (tertiary/aromatic N) is 1. The summed E-state index contributed by atoms with van der Waals surface area (Å²) in [5.41, 5.74) is 0.557. The Hall–Kier alpha value is -0.0800. The van der Waals surface area contributed by atoms with Gasteiger partial charge in [-0.2, -0.15) is 0 Å². The van der Waals surface area contributed by atoms with Crippen molar-refractivity contribution in [3.63, 3.8) is 0 Å². The second-order valence-electron chi connectivity index (χ2n) is 6.83. The zero-order valence-electron chi connectivity index (χ0n) is 12.5. The van der Waals surface area contributed by atoms with Crippen LogP contribution in [0.2, 0.25) is 0 Å². The van der Waals surface area contributed by atoms with E-state index < -0.39 is 0 Å². The summed E-state index contributed by atoms with van der Waals surface area (Å²) in [5, 5.41) is 3.61. The van der Waals surface area contributed by atoms with Crippen molar-refractivity contribution in [2.24, 2.45) is 11.3 Å². The Bertz CT molecular complexity index is 227. The van der Waals surface area contributed by atoms with Crippen molar-refractivity contribution in [3.05, 3.63) is 0 Å². The molecule has 0 aromatic rings. The molecule has 1 saturated carbocycles. The third-order valence-electron chi connectivity index (χ3n) is 5.21. The first-order valence-electron chi connectivity index (χ1n) is 8.13. The number of rotatable bonds is 5. The Kier molecular flexibility index (Phi) is 5.50. The molecule has 2 aliphatic rings. The molecule has 106 valence electrons. The molecule has 1 unspecified atom stereocenters. The maximum Gasteiger partial charge on any atom is 0.00471 e. The number of hydrogen-bond donors (Lipinski definition) is 1. The lowest BCUT2D eigenvalue weighted by atomic mass is 9.77. The van der Waals surface area contributed by atoms with E-state index in [1.54, 1.807) is 0 Å². The van der Waals surface area contributed by atoms with Crippen molar-refractivity contribution in [3.8, 4) is 0 Å². The van der Waals surface area contributed by atoms with Gasteiger partial charge in [0, 0.05) is 19.6 Å². The molecule has 0 amide bonds. The van der Waals surface area contributed by atoms with Crippen LogP contribution in [-0.2, 0) is 0 Å². The first kappa shape index (κ1) is 14.3. The molecule has 0 radical (unpaired) electrons. The zero-order chi connectivity index (χ0) is 12.8. The summed E-state index contributed by atoms with van der Waals surface area (Å²) in [5.74, 6) is 0.981. The van der Waals surface area contributed by atoms with Gasteiger partial charge < -0.3 is 10.2 Å². The highest BCUT2D eigenvalue weighted by atomic mass is 15.1. The van der Waals surface area contributed by atoms with E-state index in [1.165, 1.54) is 77.5 Å². The lowest BCUT2D eigenvalue weighted by Crippen LogP contribution is -2.47. The van der Waals surface area contributed by atoms with E-state index in [0.717, 1.165) is 5.92 Å². The first-order chi connectivity index (χ1) is 8.74. The predicted molar refractivity (Wildman–Crippen MR) is 78.9 cm³/mol. The van der Waals surface area contributed by atoms with Crippen LogP contribution in [0.15, 0.2) is 0 Å². The Balaban J connectivity index is 1.78. The minimum Gasteiger partial charge on any atom is -0.316 e. The Morgan fingerprint density at radius 3 is 2.56 bits per heavy atom. The van der Waals surface area contributed by atoms with E-state index in [-0.39, 0.29) is 0 Å². The molecule has 1 N–H and O–H groups in total. The van der Waals surface area contributed by atoms with Crippen LogP contribution < -0.4 is 5.32 Å². The van der Waals surface area contributed by atoms with Crippen molar-refractivity contribution in [2.75, 3.05) is 33.2 Å². The van der Waals surface area contributed by atoms with Crippen molar-refractivity contribution < 1.29 is 0 Å². The molecule has 0 aromatic carbocycles. The third kappa shape index (κ3) is 3.96. The van der Waals surface area contributed by atoms with Gasteiger partial charge in [-0.15, -0.1) is 0 Å². The predicted octanol–water partition coefficient (Wildman–Crippen LogP) is 3.28. The van der Waals surface area contributed by atoms with E-state index >= 15 is 0 Å². The van der Waals surface area contributed by atoms with Crippen LogP contribution in [0.5, 0.6) is 0 Å². The molecule has 1 heterocycles. The summed E-state index contributed by atoms with van der Waals surface area (Å²) in [7, 11) is 2.35. The van der Waals surface area contributed by atoms with Crippen LogP contribution >= 0.6 is 0 Å². The van der Waals surface area contributed by atoms with Gasteiger partial charge in [0.2, 0.25) is 0 Å². The molecular weight excluding hydrogens is 220 g/mol. The van der Waals surface area contributed by atoms with Gasteiger partial charge in [0.1, 0.15) is 0 Å². The fourth-order valence-electron chi connectivity index (χ4n) is 4.03. The molecule has 1 aliphatic carbocycles. The Labute approximate surface area is 114 Å². The fraction of sp³-hybridized carbons (Fsp3) is 1.00. The van der Waals surface area contributed by atoms with Crippen LogP contribution in [-0.4, -0.2) is 38.1 Å². The first-order valence-corrected chi connectivity index (χ1v) is 8.13. The third-order valence-corrected chi connectivity index (χ3v) is 5.21.